The number of aromatic carboxylic acids is 1. The zero-order valence-electron chi connectivity index (χ0n) is 13.8. The number of anilines is 1. The van der Waals surface area contributed by atoms with E-state index >= 15 is 0 Å². The Bertz CT molecular complexity index is 1000. The Morgan fingerprint density at radius 3 is 2.67 bits per heavy atom. The van der Waals surface area contributed by atoms with Crippen LogP contribution in [-0.2, 0) is 0 Å². The maximum Gasteiger partial charge on any atom is 0.335 e. The van der Waals surface area contributed by atoms with Gasteiger partial charge in [0.15, 0.2) is 5.11 Å². The van der Waals surface area contributed by atoms with Crippen molar-refractivity contribution in [3.8, 4) is 11.3 Å². The summed E-state index contributed by atoms with van der Waals surface area (Å²) in [4.78, 5) is 11.1. The standard InChI is InChI=1S/C19H14ClN3O3S/c20-16-8-6-12(18(24)25)10-15(16)17-9-7-14(26-17)11-21-23-19(27)22-13-4-2-1-3-5-13/h1-11H,(H,24,25)(H2,22,23,27)/b21-11-. The number of carboxylic acids is 1. The van der Waals surface area contributed by atoms with Gasteiger partial charge in [0.05, 0.1) is 16.8 Å². The summed E-state index contributed by atoms with van der Waals surface area (Å²) in [7, 11) is 0. The first-order chi connectivity index (χ1) is 13.0. The fourth-order valence-corrected chi connectivity index (χ4v) is 2.63. The highest BCUT2D eigenvalue weighted by molar-refractivity contribution is 7.80. The molecule has 6 nitrogen and oxygen atoms in total. The lowest BCUT2D eigenvalue weighted by Crippen LogP contribution is -2.23. The lowest BCUT2D eigenvalue weighted by Gasteiger charge is -2.05. The minimum Gasteiger partial charge on any atom is -0.478 e. The van der Waals surface area contributed by atoms with Gasteiger partial charge in [-0.25, -0.2) is 4.79 Å². The molecule has 0 aliphatic carbocycles. The zero-order valence-corrected chi connectivity index (χ0v) is 15.4. The molecule has 8 heteroatoms. The molecule has 0 unspecified atom stereocenters. The lowest BCUT2D eigenvalue weighted by molar-refractivity contribution is 0.0697. The second kappa shape index (κ2) is 8.48. The van der Waals surface area contributed by atoms with E-state index in [9.17, 15) is 4.79 Å². The molecule has 0 atom stereocenters. The maximum absolute atomic E-state index is 11.1. The van der Waals surface area contributed by atoms with Gasteiger partial charge < -0.3 is 14.8 Å². The number of carbonyl (C=O) groups is 1. The monoisotopic (exact) mass is 399 g/mol. The van der Waals surface area contributed by atoms with Crippen molar-refractivity contribution in [1.82, 2.24) is 5.43 Å². The van der Waals surface area contributed by atoms with Crippen molar-refractivity contribution in [2.24, 2.45) is 5.10 Å². The summed E-state index contributed by atoms with van der Waals surface area (Å²) in [5.74, 6) is -0.142. The third-order valence-electron chi connectivity index (χ3n) is 3.50. The van der Waals surface area contributed by atoms with Gasteiger partial charge in [-0.2, -0.15) is 5.10 Å². The summed E-state index contributed by atoms with van der Waals surface area (Å²) in [6.07, 6.45) is 1.46. The van der Waals surface area contributed by atoms with Gasteiger partial charge in [0, 0.05) is 11.3 Å². The molecule has 3 aromatic rings. The highest BCUT2D eigenvalue weighted by Crippen LogP contribution is 2.30. The van der Waals surface area contributed by atoms with E-state index in [4.69, 9.17) is 33.3 Å². The molecule has 0 amide bonds. The molecule has 0 radical (unpaired) electrons. The quantitative estimate of drug-likeness (QED) is 0.329. The number of halogens is 1. The Labute approximate surface area is 165 Å². The Balaban J connectivity index is 1.66. The normalized spacial score (nSPS) is 10.7. The van der Waals surface area contributed by atoms with E-state index in [0.29, 0.717) is 27.2 Å². The molecule has 136 valence electrons. The largest absolute Gasteiger partial charge is 0.478 e. The predicted octanol–water partition coefficient (Wildman–Crippen LogP) is 4.62. The van der Waals surface area contributed by atoms with Gasteiger partial charge in [0.2, 0.25) is 0 Å². The fraction of sp³-hybridized carbons (Fsp3) is 0. The molecule has 0 bridgehead atoms. The van der Waals surface area contributed by atoms with Gasteiger partial charge in [-0.3, -0.25) is 5.43 Å². The lowest BCUT2D eigenvalue weighted by atomic mass is 10.1. The summed E-state index contributed by atoms with van der Waals surface area (Å²) >= 11 is 11.3. The highest BCUT2D eigenvalue weighted by atomic mass is 35.5. The van der Waals surface area contributed by atoms with E-state index in [1.165, 1.54) is 24.4 Å². The first-order valence-electron chi connectivity index (χ1n) is 7.81. The highest BCUT2D eigenvalue weighted by Gasteiger charge is 2.12. The van der Waals surface area contributed by atoms with Crippen LogP contribution in [-0.4, -0.2) is 22.4 Å². The van der Waals surface area contributed by atoms with Crippen LogP contribution in [0.15, 0.2) is 70.2 Å². The number of nitrogens with one attached hydrogen (secondary N) is 2. The summed E-state index contributed by atoms with van der Waals surface area (Å²) in [5.41, 5.74) is 4.15. The van der Waals surface area contributed by atoms with Gasteiger partial charge in [-0.15, -0.1) is 0 Å². The minimum atomic E-state index is -1.04. The van der Waals surface area contributed by atoms with E-state index in [-0.39, 0.29) is 5.56 Å². The van der Waals surface area contributed by atoms with Crippen LogP contribution in [0, 0.1) is 0 Å². The third-order valence-corrected chi connectivity index (χ3v) is 4.02. The van der Waals surface area contributed by atoms with Crippen molar-refractivity contribution in [3.05, 3.63) is 77.0 Å². The van der Waals surface area contributed by atoms with E-state index in [1.54, 1.807) is 12.1 Å². The third kappa shape index (κ3) is 4.93. The van der Waals surface area contributed by atoms with Crippen molar-refractivity contribution in [2.45, 2.75) is 0 Å². The zero-order chi connectivity index (χ0) is 19.2. The Hall–Kier alpha value is -3.16. The first-order valence-corrected chi connectivity index (χ1v) is 8.60. The molecule has 27 heavy (non-hydrogen) atoms. The molecule has 0 saturated carbocycles. The van der Waals surface area contributed by atoms with Crippen molar-refractivity contribution in [3.63, 3.8) is 0 Å². The van der Waals surface area contributed by atoms with Gasteiger partial charge in [0.1, 0.15) is 11.5 Å². The van der Waals surface area contributed by atoms with Crippen LogP contribution in [0.5, 0.6) is 0 Å². The van der Waals surface area contributed by atoms with Crippen LogP contribution in [0.2, 0.25) is 5.02 Å². The summed E-state index contributed by atoms with van der Waals surface area (Å²) in [5, 5.41) is 16.8. The van der Waals surface area contributed by atoms with Crippen molar-refractivity contribution in [2.75, 3.05) is 5.32 Å². The van der Waals surface area contributed by atoms with Crippen LogP contribution < -0.4 is 10.7 Å². The number of hydrazone groups is 1. The van der Waals surface area contributed by atoms with E-state index in [2.05, 4.69) is 15.8 Å². The molecule has 1 heterocycles. The molecular weight excluding hydrogens is 386 g/mol. The second-order valence-corrected chi connectivity index (χ2v) is 6.21. The smallest absolute Gasteiger partial charge is 0.335 e. The number of benzene rings is 2. The van der Waals surface area contributed by atoms with Crippen LogP contribution >= 0.6 is 23.8 Å². The minimum absolute atomic E-state index is 0.125. The second-order valence-electron chi connectivity index (χ2n) is 5.39. The van der Waals surface area contributed by atoms with Gasteiger partial charge >= 0.3 is 5.97 Å². The van der Waals surface area contributed by atoms with Crippen LogP contribution in [0.1, 0.15) is 16.1 Å². The average Bonchev–Trinajstić information content (AvgIpc) is 3.11. The average molecular weight is 400 g/mol. The molecule has 3 N–H and O–H groups in total. The van der Waals surface area contributed by atoms with E-state index < -0.39 is 5.97 Å². The van der Waals surface area contributed by atoms with Crippen LogP contribution in [0.25, 0.3) is 11.3 Å². The fourth-order valence-electron chi connectivity index (χ4n) is 2.25. The molecule has 3 rings (SSSR count). The predicted molar refractivity (Wildman–Crippen MR) is 110 cm³/mol. The number of para-hydroxylation sites is 1. The number of nitrogens with zero attached hydrogens (tertiary/aromatic N) is 1. The number of hydrogen-bond acceptors (Lipinski definition) is 4. The number of carboxylic acid groups (broad SMARTS) is 1. The van der Waals surface area contributed by atoms with Crippen LogP contribution in [0.4, 0.5) is 5.69 Å². The Morgan fingerprint density at radius 1 is 1.15 bits per heavy atom. The molecule has 0 fully saturated rings. The molecule has 1 aromatic heterocycles. The number of furan rings is 1. The van der Waals surface area contributed by atoms with Crippen molar-refractivity contribution >= 4 is 46.8 Å². The topological polar surface area (TPSA) is 86.9 Å². The molecule has 0 aliphatic rings. The van der Waals surface area contributed by atoms with Gasteiger partial charge in [-0.05, 0) is 54.7 Å². The Kier molecular flexibility index (Phi) is 5.85. The van der Waals surface area contributed by atoms with E-state index in [0.717, 1.165) is 5.69 Å². The molecular formula is C19H14ClN3O3S. The van der Waals surface area contributed by atoms with Gasteiger partial charge in [-0.1, -0.05) is 29.8 Å². The van der Waals surface area contributed by atoms with Crippen molar-refractivity contribution in [1.29, 1.82) is 0 Å². The SMILES string of the molecule is O=C(O)c1ccc(Cl)c(-c2ccc(/C=N\NC(=S)Nc3ccccc3)o2)c1. The summed E-state index contributed by atoms with van der Waals surface area (Å²) < 4.78 is 5.65. The summed E-state index contributed by atoms with van der Waals surface area (Å²) in [6, 6.07) is 17.3. The summed E-state index contributed by atoms with van der Waals surface area (Å²) in [6.45, 7) is 0. The molecule has 0 saturated heterocycles. The van der Waals surface area contributed by atoms with Crippen molar-refractivity contribution < 1.29 is 14.3 Å². The first kappa shape index (κ1) is 18.6. The number of hydrogen-bond donors (Lipinski definition) is 3. The molecule has 0 aliphatic heterocycles. The molecule has 2 aromatic carbocycles. The number of rotatable bonds is 5. The maximum atomic E-state index is 11.1. The van der Waals surface area contributed by atoms with E-state index in [1.807, 2.05) is 30.3 Å². The number of thiocarbonyl (C=S) groups is 1. The van der Waals surface area contributed by atoms with Gasteiger partial charge in [0.25, 0.3) is 0 Å². The van der Waals surface area contributed by atoms with Crippen LogP contribution in [0.3, 0.4) is 0 Å². The Morgan fingerprint density at radius 2 is 1.93 bits per heavy atom. The molecule has 0 spiro atoms.